The normalized spacial score (nSPS) is 17.6. The molecule has 18 heavy (non-hydrogen) atoms. The lowest BCUT2D eigenvalue weighted by Gasteiger charge is -2.26. The number of likely N-dealkylation sites (N-methyl/N-ethyl adjacent to an activating group) is 1. The van der Waals surface area contributed by atoms with Gasteiger partial charge in [-0.1, -0.05) is 20.8 Å². The fourth-order valence-corrected chi connectivity index (χ4v) is 2.03. The molecule has 1 amide bonds. The van der Waals surface area contributed by atoms with Crippen molar-refractivity contribution in [3.63, 3.8) is 0 Å². The highest BCUT2D eigenvalue weighted by Gasteiger charge is 2.37. The standard InChI is InChI=1S/C13H24N2O3/c1-13(2,3)10(12(17)18)11(16)14-7-8-15(4)9-5-6-9/h9-10H,5-8H2,1-4H3,(H,14,16)(H,17,18). The topological polar surface area (TPSA) is 69.6 Å². The minimum Gasteiger partial charge on any atom is -0.481 e. The van der Waals surface area contributed by atoms with Crippen molar-refractivity contribution in [1.29, 1.82) is 0 Å². The van der Waals surface area contributed by atoms with Gasteiger partial charge in [-0.05, 0) is 25.3 Å². The second-order valence-electron chi connectivity index (χ2n) is 6.14. The molecule has 0 bridgehead atoms. The number of amides is 1. The molecule has 0 spiro atoms. The zero-order chi connectivity index (χ0) is 13.9. The van der Waals surface area contributed by atoms with Crippen molar-refractivity contribution in [2.24, 2.45) is 11.3 Å². The van der Waals surface area contributed by atoms with Gasteiger partial charge in [-0.2, -0.15) is 0 Å². The highest BCUT2D eigenvalue weighted by atomic mass is 16.4. The van der Waals surface area contributed by atoms with Gasteiger partial charge in [-0.3, -0.25) is 9.59 Å². The van der Waals surface area contributed by atoms with E-state index in [1.165, 1.54) is 12.8 Å². The minimum atomic E-state index is -1.06. The predicted molar refractivity (Wildman–Crippen MR) is 69.2 cm³/mol. The largest absolute Gasteiger partial charge is 0.481 e. The lowest BCUT2D eigenvalue weighted by atomic mass is 9.80. The molecule has 104 valence electrons. The van der Waals surface area contributed by atoms with Gasteiger partial charge in [0.05, 0.1) is 0 Å². The Morgan fingerprint density at radius 2 is 1.94 bits per heavy atom. The Kier molecular flexibility index (Phi) is 4.73. The summed E-state index contributed by atoms with van der Waals surface area (Å²) in [5.74, 6) is -2.45. The van der Waals surface area contributed by atoms with E-state index in [2.05, 4.69) is 10.2 Å². The molecule has 1 aliphatic carbocycles. The highest BCUT2D eigenvalue weighted by Crippen LogP contribution is 2.26. The molecule has 1 unspecified atom stereocenters. The molecule has 0 aliphatic heterocycles. The Labute approximate surface area is 109 Å². The Morgan fingerprint density at radius 1 is 1.39 bits per heavy atom. The summed E-state index contributed by atoms with van der Waals surface area (Å²) in [7, 11) is 2.03. The summed E-state index contributed by atoms with van der Waals surface area (Å²) >= 11 is 0. The summed E-state index contributed by atoms with van der Waals surface area (Å²) in [6.45, 7) is 6.57. The third-order valence-corrected chi connectivity index (χ3v) is 3.31. The van der Waals surface area contributed by atoms with Gasteiger partial charge < -0.3 is 15.3 Å². The first kappa shape index (κ1) is 15.0. The third-order valence-electron chi connectivity index (χ3n) is 3.31. The molecular weight excluding hydrogens is 232 g/mol. The van der Waals surface area contributed by atoms with Gasteiger partial charge in [-0.15, -0.1) is 0 Å². The lowest BCUT2D eigenvalue weighted by Crippen LogP contribution is -2.44. The maximum Gasteiger partial charge on any atom is 0.316 e. The molecule has 0 radical (unpaired) electrons. The summed E-state index contributed by atoms with van der Waals surface area (Å²) in [6.07, 6.45) is 2.45. The van der Waals surface area contributed by atoms with Crippen LogP contribution in [0.2, 0.25) is 0 Å². The number of carboxylic acids is 1. The molecule has 0 aromatic heterocycles. The van der Waals surface area contributed by atoms with Crippen LogP contribution in [0.5, 0.6) is 0 Å². The first-order chi connectivity index (χ1) is 8.23. The smallest absolute Gasteiger partial charge is 0.316 e. The van der Waals surface area contributed by atoms with Crippen LogP contribution in [0.4, 0.5) is 0 Å². The number of aliphatic carboxylic acids is 1. The molecule has 5 heteroatoms. The zero-order valence-electron chi connectivity index (χ0n) is 11.7. The highest BCUT2D eigenvalue weighted by molar-refractivity contribution is 5.97. The number of hydrogen-bond donors (Lipinski definition) is 2. The van der Waals surface area contributed by atoms with Gasteiger partial charge in [0.15, 0.2) is 0 Å². The van der Waals surface area contributed by atoms with E-state index in [9.17, 15) is 9.59 Å². The molecule has 0 aromatic rings. The van der Waals surface area contributed by atoms with Gasteiger partial charge in [0.1, 0.15) is 5.92 Å². The predicted octanol–water partition coefficient (Wildman–Crippen LogP) is 0.944. The van der Waals surface area contributed by atoms with Crippen LogP contribution in [-0.4, -0.2) is 48.1 Å². The second kappa shape index (κ2) is 5.69. The number of nitrogens with zero attached hydrogens (tertiary/aromatic N) is 1. The zero-order valence-corrected chi connectivity index (χ0v) is 11.7. The molecule has 1 saturated carbocycles. The number of carboxylic acid groups (broad SMARTS) is 1. The van der Waals surface area contributed by atoms with Crippen LogP contribution < -0.4 is 5.32 Å². The van der Waals surface area contributed by atoms with Crippen LogP contribution in [0.25, 0.3) is 0 Å². The van der Waals surface area contributed by atoms with Crippen molar-refractivity contribution >= 4 is 11.9 Å². The van der Waals surface area contributed by atoms with Gasteiger partial charge in [0, 0.05) is 19.1 Å². The molecule has 0 heterocycles. The summed E-state index contributed by atoms with van der Waals surface area (Å²) in [5, 5.41) is 11.8. The summed E-state index contributed by atoms with van der Waals surface area (Å²) in [4.78, 5) is 25.2. The summed E-state index contributed by atoms with van der Waals surface area (Å²) < 4.78 is 0. The number of rotatable bonds is 6. The van der Waals surface area contributed by atoms with Crippen LogP contribution in [-0.2, 0) is 9.59 Å². The molecule has 5 nitrogen and oxygen atoms in total. The second-order valence-corrected chi connectivity index (χ2v) is 6.14. The van der Waals surface area contributed by atoms with E-state index in [1.807, 2.05) is 7.05 Å². The molecule has 0 saturated heterocycles. The Morgan fingerprint density at radius 3 is 2.33 bits per heavy atom. The first-order valence-corrected chi connectivity index (χ1v) is 6.44. The van der Waals surface area contributed by atoms with Crippen LogP contribution in [0.15, 0.2) is 0 Å². The quantitative estimate of drug-likeness (QED) is 0.694. The molecule has 0 aromatic carbocycles. The van der Waals surface area contributed by atoms with E-state index in [0.717, 1.165) is 6.54 Å². The molecule has 1 rings (SSSR count). The number of hydrogen-bond acceptors (Lipinski definition) is 3. The van der Waals surface area contributed by atoms with E-state index in [0.29, 0.717) is 12.6 Å². The fourth-order valence-electron chi connectivity index (χ4n) is 2.03. The van der Waals surface area contributed by atoms with Crippen molar-refractivity contribution in [3.05, 3.63) is 0 Å². The van der Waals surface area contributed by atoms with E-state index in [4.69, 9.17) is 5.11 Å². The van der Waals surface area contributed by atoms with Crippen molar-refractivity contribution in [1.82, 2.24) is 10.2 Å². The molecule has 1 aliphatic rings. The number of carbonyl (C=O) groups is 2. The maximum absolute atomic E-state index is 11.9. The van der Waals surface area contributed by atoms with Crippen molar-refractivity contribution in [2.45, 2.75) is 39.7 Å². The molecule has 1 atom stereocenters. The molecule has 2 N–H and O–H groups in total. The SMILES string of the molecule is CN(CCNC(=O)C(C(=O)O)C(C)(C)C)C1CC1. The fraction of sp³-hybridized carbons (Fsp3) is 0.846. The van der Waals surface area contributed by atoms with Crippen molar-refractivity contribution < 1.29 is 14.7 Å². The summed E-state index contributed by atoms with van der Waals surface area (Å²) in [6, 6.07) is 0.653. The minimum absolute atomic E-state index is 0.390. The summed E-state index contributed by atoms with van der Waals surface area (Å²) in [5.41, 5.74) is -0.571. The van der Waals surface area contributed by atoms with Gasteiger partial charge in [0.25, 0.3) is 0 Å². The van der Waals surface area contributed by atoms with Crippen LogP contribution in [0, 0.1) is 11.3 Å². The van der Waals surface area contributed by atoms with E-state index in [1.54, 1.807) is 20.8 Å². The Balaban J connectivity index is 2.39. The first-order valence-electron chi connectivity index (χ1n) is 6.44. The number of carbonyl (C=O) groups excluding carboxylic acids is 1. The average molecular weight is 256 g/mol. The number of nitrogens with one attached hydrogen (secondary N) is 1. The van der Waals surface area contributed by atoms with Crippen molar-refractivity contribution in [3.8, 4) is 0 Å². The molecule has 1 fully saturated rings. The lowest BCUT2D eigenvalue weighted by molar-refractivity contribution is -0.151. The maximum atomic E-state index is 11.9. The van der Waals surface area contributed by atoms with Crippen LogP contribution in [0.3, 0.4) is 0 Å². The Hall–Kier alpha value is -1.10. The monoisotopic (exact) mass is 256 g/mol. The van der Waals surface area contributed by atoms with Crippen molar-refractivity contribution in [2.75, 3.05) is 20.1 Å². The average Bonchev–Trinajstić information content (AvgIpc) is 2.96. The van der Waals surface area contributed by atoms with Gasteiger partial charge >= 0.3 is 5.97 Å². The van der Waals surface area contributed by atoms with Crippen LogP contribution in [0.1, 0.15) is 33.6 Å². The van der Waals surface area contributed by atoms with E-state index < -0.39 is 17.3 Å². The van der Waals surface area contributed by atoms with E-state index >= 15 is 0 Å². The van der Waals surface area contributed by atoms with E-state index in [-0.39, 0.29) is 5.91 Å². The third kappa shape index (κ3) is 4.29. The molecular formula is C13H24N2O3. The van der Waals surface area contributed by atoms with Crippen LogP contribution >= 0.6 is 0 Å². The van der Waals surface area contributed by atoms with Gasteiger partial charge in [-0.25, -0.2) is 0 Å². The van der Waals surface area contributed by atoms with Gasteiger partial charge in [0.2, 0.25) is 5.91 Å². The Bertz CT molecular complexity index is 319.